The minimum Gasteiger partial charge on any atom is -0.261 e. The second-order valence-corrected chi connectivity index (χ2v) is 9.66. The number of sulfonamides is 1. The molecule has 0 unspecified atom stereocenters. The third-order valence-electron chi connectivity index (χ3n) is 4.57. The maximum absolute atomic E-state index is 12.9. The molecule has 2 aromatic carbocycles. The van der Waals surface area contributed by atoms with Crippen molar-refractivity contribution in [3.05, 3.63) is 59.1 Å². The van der Waals surface area contributed by atoms with Crippen molar-refractivity contribution in [2.24, 2.45) is 5.92 Å². The molecule has 8 heteroatoms. The monoisotopic (exact) mass is 428 g/mol. The fourth-order valence-corrected chi connectivity index (χ4v) is 4.35. The van der Waals surface area contributed by atoms with E-state index in [0.29, 0.717) is 28.5 Å². The van der Waals surface area contributed by atoms with Gasteiger partial charge in [0, 0.05) is 17.0 Å². The van der Waals surface area contributed by atoms with Gasteiger partial charge in [0.25, 0.3) is 10.0 Å². The lowest BCUT2D eigenvalue weighted by molar-refractivity contribution is 0.494. The minimum atomic E-state index is -3.81. The second-order valence-electron chi connectivity index (χ2n) is 7.54. The Morgan fingerprint density at radius 3 is 2.52 bits per heavy atom. The zero-order chi connectivity index (χ0) is 20.8. The average molecular weight is 429 g/mol. The van der Waals surface area contributed by atoms with E-state index in [-0.39, 0.29) is 10.7 Å². The molecular formula is C21H21ClN4O2S. The standard InChI is InChI=1S/C21H21ClN4O2S/c1-13(2)12-26-21-18(11-15-5-4-14(3)10-19(15)23-21)20(24-26)25-29(27,28)17-8-6-16(22)7-9-17/h4-11,13H,12H2,1-3H3,(H,24,25). The van der Waals surface area contributed by atoms with Crippen molar-refractivity contribution in [3.63, 3.8) is 0 Å². The topological polar surface area (TPSA) is 76.9 Å². The summed E-state index contributed by atoms with van der Waals surface area (Å²) < 4.78 is 30.1. The largest absolute Gasteiger partial charge is 0.263 e. The Bertz CT molecular complexity index is 1310. The molecule has 150 valence electrons. The Hall–Kier alpha value is -2.64. The van der Waals surface area contributed by atoms with Crippen LogP contribution in [0.3, 0.4) is 0 Å². The van der Waals surface area contributed by atoms with E-state index in [1.165, 1.54) is 12.1 Å². The molecule has 0 saturated heterocycles. The Balaban J connectivity index is 1.86. The lowest BCUT2D eigenvalue weighted by Gasteiger charge is -2.06. The van der Waals surface area contributed by atoms with Crippen LogP contribution < -0.4 is 4.72 Å². The molecule has 6 nitrogen and oxygen atoms in total. The van der Waals surface area contributed by atoms with Crippen LogP contribution in [0.1, 0.15) is 19.4 Å². The van der Waals surface area contributed by atoms with Gasteiger partial charge in [-0.1, -0.05) is 37.6 Å². The summed E-state index contributed by atoms with van der Waals surface area (Å²) in [6.07, 6.45) is 0. The molecule has 0 radical (unpaired) electrons. The maximum atomic E-state index is 12.9. The summed E-state index contributed by atoms with van der Waals surface area (Å²) in [4.78, 5) is 4.90. The SMILES string of the molecule is Cc1ccc2cc3c(NS(=O)(=O)c4ccc(Cl)cc4)nn(CC(C)C)c3nc2c1. The molecule has 0 saturated carbocycles. The molecule has 29 heavy (non-hydrogen) atoms. The molecule has 0 aliphatic heterocycles. The highest BCUT2D eigenvalue weighted by atomic mass is 35.5. The highest BCUT2D eigenvalue weighted by Crippen LogP contribution is 2.29. The summed E-state index contributed by atoms with van der Waals surface area (Å²) in [5.74, 6) is 0.597. The first-order chi connectivity index (χ1) is 13.7. The van der Waals surface area contributed by atoms with Crippen LogP contribution >= 0.6 is 11.6 Å². The summed E-state index contributed by atoms with van der Waals surface area (Å²) in [7, 11) is -3.81. The molecule has 0 bridgehead atoms. The molecule has 0 aliphatic rings. The molecule has 0 aliphatic carbocycles. The number of benzene rings is 2. The highest BCUT2D eigenvalue weighted by Gasteiger charge is 2.20. The van der Waals surface area contributed by atoms with Gasteiger partial charge in [-0.3, -0.25) is 4.72 Å². The van der Waals surface area contributed by atoms with E-state index >= 15 is 0 Å². The van der Waals surface area contributed by atoms with E-state index in [1.807, 2.05) is 31.2 Å². The summed E-state index contributed by atoms with van der Waals surface area (Å²) in [6.45, 7) is 6.80. The van der Waals surface area contributed by atoms with Gasteiger partial charge < -0.3 is 0 Å². The number of aromatic nitrogens is 3. The fraction of sp³-hybridized carbons (Fsp3) is 0.238. The minimum absolute atomic E-state index is 0.123. The van der Waals surface area contributed by atoms with Gasteiger partial charge in [-0.15, -0.1) is 0 Å². The molecule has 0 amide bonds. The van der Waals surface area contributed by atoms with Gasteiger partial charge in [0.1, 0.15) is 0 Å². The number of halogens is 1. The lowest BCUT2D eigenvalue weighted by Crippen LogP contribution is -2.14. The van der Waals surface area contributed by atoms with Gasteiger partial charge in [0.15, 0.2) is 11.5 Å². The summed E-state index contributed by atoms with van der Waals surface area (Å²) >= 11 is 5.88. The molecule has 2 heterocycles. The number of fused-ring (bicyclic) bond motifs is 2. The van der Waals surface area contributed by atoms with Crippen LogP contribution in [0.2, 0.25) is 5.02 Å². The van der Waals surface area contributed by atoms with Crippen molar-refractivity contribution in [1.82, 2.24) is 14.8 Å². The average Bonchev–Trinajstić information content (AvgIpc) is 2.95. The molecule has 0 spiro atoms. The lowest BCUT2D eigenvalue weighted by atomic mass is 10.1. The molecule has 0 atom stereocenters. The van der Waals surface area contributed by atoms with Crippen LogP contribution in [0.5, 0.6) is 0 Å². The number of pyridine rings is 1. The third kappa shape index (κ3) is 3.93. The Labute approximate surface area is 174 Å². The van der Waals surface area contributed by atoms with E-state index in [1.54, 1.807) is 16.8 Å². The number of anilines is 1. The number of hydrogen-bond acceptors (Lipinski definition) is 4. The molecule has 4 aromatic rings. The van der Waals surface area contributed by atoms with Gasteiger partial charge in [-0.05, 0) is 54.8 Å². The van der Waals surface area contributed by atoms with E-state index in [4.69, 9.17) is 16.6 Å². The van der Waals surface area contributed by atoms with E-state index < -0.39 is 10.0 Å². The van der Waals surface area contributed by atoms with Gasteiger partial charge in [0.2, 0.25) is 0 Å². The van der Waals surface area contributed by atoms with E-state index in [9.17, 15) is 8.42 Å². The number of nitrogens with one attached hydrogen (secondary N) is 1. The van der Waals surface area contributed by atoms with Crippen molar-refractivity contribution in [1.29, 1.82) is 0 Å². The first-order valence-corrected chi connectivity index (χ1v) is 11.2. The maximum Gasteiger partial charge on any atom is 0.263 e. The van der Waals surface area contributed by atoms with E-state index in [2.05, 4.69) is 23.7 Å². The van der Waals surface area contributed by atoms with Gasteiger partial charge in [-0.2, -0.15) is 5.10 Å². The second kappa shape index (κ2) is 7.31. The van der Waals surface area contributed by atoms with E-state index in [0.717, 1.165) is 16.5 Å². The Morgan fingerprint density at radius 2 is 1.83 bits per heavy atom. The van der Waals surface area contributed by atoms with Crippen molar-refractivity contribution < 1.29 is 8.42 Å². The molecule has 1 N–H and O–H groups in total. The van der Waals surface area contributed by atoms with Crippen LogP contribution in [0.4, 0.5) is 5.82 Å². The first-order valence-electron chi connectivity index (χ1n) is 9.29. The van der Waals surface area contributed by atoms with Crippen LogP contribution in [0.15, 0.2) is 53.4 Å². The molecule has 2 aromatic heterocycles. The molecular weight excluding hydrogens is 408 g/mol. The Kier molecular flexibility index (Phi) is 4.96. The van der Waals surface area contributed by atoms with Gasteiger partial charge in [-0.25, -0.2) is 18.1 Å². The zero-order valence-electron chi connectivity index (χ0n) is 16.3. The van der Waals surface area contributed by atoms with Crippen molar-refractivity contribution in [2.75, 3.05) is 4.72 Å². The normalized spacial score (nSPS) is 12.2. The summed E-state index contributed by atoms with van der Waals surface area (Å²) in [5.41, 5.74) is 2.63. The summed E-state index contributed by atoms with van der Waals surface area (Å²) in [6, 6.07) is 14.0. The molecule has 0 fully saturated rings. The predicted molar refractivity (Wildman–Crippen MR) is 117 cm³/mol. The summed E-state index contributed by atoms with van der Waals surface area (Å²) in [5, 5.41) is 6.61. The van der Waals surface area contributed by atoms with Crippen molar-refractivity contribution in [3.8, 4) is 0 Å². The number of nitrogens with zero attached hydrogens (tertiary/aromatic N) is 3. The van der Waals surface area contributed by atoms with Crippen molar-refractivity contribution in [2.45, 2.75) is 32.2 Å². The molecule has 4 rings (SSSR count). The van der Waals surface area contributed by atoms with Gasteiger partial charge >= 0.3 is 0 Å². The van der Waals surface area contributed by atoms with Crippen molar-refractivity contribution >= 4 is 49.4 Å². The van der Waals surface area contributed by atoms with Crippen LogP contribution in [-0.4, -0.2) is 23.2 Å². The number of hydrogen-bond donors (Lipinski definition) is 1. The third-order valence-corrected chi connectivity index (χ3v) is 6.17. The van der Waals surface area contributed by atoms with Crippen LogP contribution in [0.25, 0.3) is 21.9 Å². The quantitative estimate of drug-likeness (QED) is 0.485. The Morgan fingerprint density at radius 1 is 1.10 bits per heavy atom. The number of rotatable bonds is 5. The van der Waals surface area contributed by atoms with Gasteiger partial charge in [0.05, 0.1) is 15.8 Å². The smallest absolute Gasteiger partial charge is 0.261 e. The number of aryl methyl sites for hydroxylation is 1. The van der Waals surface area contributed by atoms with Crippen LogP contribution in [-0.2, 0) is 16.6 Å². The first kappa shape index (κ1) is 19.7. The predicted octanol–water partition coefficient (Wildman–Crippen LogP) is 5.00. The highest BCUT2D eigenvalue weighted by molar-refractivity contribution is 7.92. The zero-order valence-corrected chi connectivity index (χ0v) is 17.9. The fourth-order valence-electron chi connectivity index (χ4n) is 3.21. The van der Waals surface area contributed by atoms with Crippen LogP contribution in [0, 0.1) is 12.8 Å².